The second kappa shape index (κ2) is 7.48. The summed E-state index contributed by atoms with van der Waals surface area (Å²) < 4.78 is 12.2. The van der Waals surface area contributed by atoms with Crippen molar-refractivity contribution < 1.29 is 14.3 Å². The van der Waals surface area contributed by atoms with Gasteiger partial charge in [0, 0.05) is 12.1 Å². The summed E-state index contributed by atoms with van der Waals surface area (Å²) in [4.78, 5) is 12.3. The maximum Gasteiger partial charge on any atom is 0.273 e. The molecule has 0 saturated carbocycles. The number of benzene rings is 2. The van der Waals surface area contributed by atoms with Gasteiger partial charge in [-0.1, -0.05) is 35.5 Å². The van der Waals surface area contributed by atoms with Gasteiger partial charge >= 0.3 is 0 Å². The lowest BCUT2D eigenvalue weighted by atomic mass is 10.2. The summed E-state index contributed by atoms with van der Waals surface area (Å²) in [6.07, 6.45) is 1.59. The smallest absolute Gasteiger partial charge is 0.273 e. The lowest BCUT2D eigenvalue weighted by Gasteiger charge is -2.12. The van der Waals surface area contributed by atoms with Crippen LogP contribution in [-0.2, 0) is 6.54 Å². The minimum absolute atomic E-state index is 0.241. The number of para-hydroxylation sites is 2. The number of rotatable bonds is 6. The number of nitrogens with one attached hydrogen (secondary N) is 1. The lowest BCUT2D eigenvalue weighted by Crippen LogP contribution is -2.23. The molecule has 0 bridgehead atoms. The van der Waals surface area contributed by atoms with Crippen LogP contribution < -0.4 is 14.8 Å². The second-order valence-corrected chi connectivity index (χ2v) is 5.22. The van der Waals surface area contributed by atoms with E-state index in [1.54, 1.807) is 31.2 Å². The van der Waals surface area contributed by atoms with Crippen molar-refractivity contribution in [3.8, 4) is 17.2 Å². The first-order chi connectivity index (χ1) is 12.2. The van der Waals surface area contributed by atoms with Crippen molar-refractivity contribution in [3.63, 3.8) is 0 Å². The van der Waals surface area contributed by atoms with E-state index in [1.807, 2.05) is 42.5 Å². The molecule has 1 N–H and O–H groups in total. The van der Waals surface area contributed by atoms with Crippen molar-refractivity contribution >= 4 is 5.91 Å². The molecule has 1 amide bonds. The van der Waals surface area contributed by atoms with E-state index in [0.29, 0.717) is 11.5 Å². The molecular formula is C18H18N4O3. The highest BCUT2D eigenvalue weighted by Gasteiger charge is 2.14. The zero-order valence-corrected chi connectivity index (χ0v) is 14.0. The quantitative estimate of drug-likeness (QED) is 0.745. The highest BCUT2D eigenvalue weighted by Crippen LogP contribution is 2.30. The molecule has 2 aromatic carbocycles. The fourth-order valence-electron chi connectivity index (χ4n) is 2.43. The summed E-state index contributed by atoms with van der Waals surface area (Å²) >= 11 is 0. The number of aromatic nitrogens is 3. The molecule has 7 nitrogen and oxygen atoms in total. The number of nitrogens with zero attached hydrogens (tertiary/aromatic N) is 3. The van der Waals surface area contributed by atoms with Gasteiger partial charge in [-0.2, -0.15) is 0 Å². The Balaban J connectivity index is 1.71. The monoisotopic (exact) mass is 338 g/mol. The Labute approximate surface area is 145 Å². The number of carbonyl (C=O) groups is 1. The normalized spacial score (nSPS) is 10.3. The zero-order chi connectivity index (χ0) is 17.6. The van der Waals surface area contributed by atoms with Crippen LogP contribution in [0.2, 0.25) is 0 Å². The van der Waals surface area contributed by atoms with Crippen LogP contribution in [-0.4, -0.2) is 35.1 Å². The summed E-state index contributed by atoms with van der Waals surface area (Å²) in [5.41, 5.74) is 1.89. The van der Waals surface area contributed by atoms with Gasteiger partial charge in [-0.3, -0.25) is 4.79 Å². The minimum Gasteiger partial charge on any atom is -0.493 e. The van der Waals surface area contributed by atoms with Crippen molar-refractivity contribution in [3.05, 3.63) is 66.0 Å². The van der Waals surface area contributed by atoms with E-state index in [-0.39, 0.29) is 18.1 Å². The number of ether oxygens (including phenoxy) is 2. The topological polar surface area (TPSA) is 78.3 Å². The molecule has 3 aromatic rings. The maximum atomic E-state index is 12.3. The third-order valence-corrected chi connectivity index (χ3v) is 3.67. The molecule has 0 radical (unpaired) electrons. The minimum atomic E-state index is -0.313. The molecule has 128 valence electrons. The molecule has 0 unspecified atom stereocenters. The Morgan fingerprint density at radius 1 is 1.08 bits per heavy atom. The Hall–Kier alpha value is -3.35. The first-order valence-electron chi connectivity index (χ1n) is 7.68. The van der Waals surface area contributed by atoms with Crippen LogP contribution in [0.15, 0.2) is 54.7 Å². The van der Waals surface area contributed by atoms with Gasteiger partial charge in [0.05, 0.1) is 26.1 Å². The predicted molar refractivity (Wildman–Crippen MR) is 92.1 cm³/mol. The van der Waals surface area contributed by atoms with E-state index in [9.17, 15) is 4.79 Å². The molecule has 0 fully saturated rings. The molecule has 0 saturated heterocycles. The van der Waals surface area contributed by atoms with Gasteiger partial charge < -0.3 is 14.8 Å². The van der Waals surface area contributed by atoms with Crippen molar-refractivity contribution in [1.82, 2.24) is 20.3 Å². The Morgan fingerprint density at radius 2 is 1.88 bits per heavy atom. The molecule has 0 aliphatic rings. The van der Waals surface area contributed by atoms with E-state index in [1.165, 1.54) is 0 Å². The van der Waals surface area contributed by atoms with Crippen LogP contribution in [0, 0.1) is 0 Å². The van der Waals surface area contributed by atoms with Gasteiger partial charge in [0.25, 0.3) is 5.91 Å². The third-order valence-electron chi connectivity index (χ3n) is 3.67. The van der Waals surface area contributed by atoms with Crippen LogP contribution in [0.4, 0.5) is 0 Å². The first kappa shape index (κ1) is 16.5. The van der Waals surface area contributed by atoms with Crippen LogP contribution in [0.1, 0.15) is 16.1 Å². The largest absolute Gasteiger partial charge is 0.493 e. The van der Waals surface area contributed by atoms with E-state index >= 15 is 0 Å². The molecule has 0 aliphatic carbocycles. The SMILES string of the molecule is COc1cccc(CNC(=O)c2cn(-c3ccccc3)nn2)c1OC. The third kappa shape index (κ3) is 3.60. The summed E-state index contributed by atoms with van der Waals surface area (Å²) in [5.74, 6) is 0.898. The fourth-order valence-corrected chi connectivity index (χ4v) is 2.43. The molecule has 0 atom stereocenters. The Morgan fingerprint density at radius 3 is 2.60 bits per heavy atom. The van der Waals surface area contributed by atoms with Crippen LogP contribution in [0.3, 0.4) is 0 Å². The van der Waals surface area contributed by atoms with Crippen LogP contribution in [0.25, 0.3) is 5.69 Å². The van der Waals surface area contributed by atoms with Crippen LogP contribution in [0.5, 0.6) is 11.5 Å². The van der Waals surface area contributed by atoms with Crippen LogP contribution >= 0.6 is 0 Å². The second-order valence-electron chi connectivity index (χ2n) is 5.22. The fraction of sp³-hybridized carbons (Fsp3) is 0.167. The average molecular weight is 338 g/mol. The first-order valence-corrected chi connectivity index (χ1v) is 7.68. The van der Waals surface area contributed by atoms with Crippen molar-refractivity contribution in [1.29, 1.82) is 0 Å². The van der Waals surface area contributed by atoms with E-state index in [2.05, 4.69) is 15.6 Å². The average Bonchev–Trinajstić information content (AvgIpc) is 3.16. The number of amides is 1. The standard InChI is InChI=1S/C18H18N4O3/c1-24-16-10-6-7-13(17(16)25-2)11-19-18(23)15-12-22(21-20-15)14-8-4-3-5-9-14/h3-10,12H,11H2,1-2H3,(H,19,23). The number of hydrogen-bond acceptors (Lipinski definition) is 5. The Bertz CT molecular complexity index is 862. The molecule has 1 aromatic heterocycles. The van der Waals surface area contributed by atoms with E-state index < -0.39 is 0 Å². The van der Waals surface area contributed by atoms with Crippen molar-refractivity contribution in [2.45, 2.75) is 6.54 Å². The molecule has 7 heteroatoms. The molecular weight excluding hydrogens is 320 g/mol. The highest BCUT2D eigenvalue weighted by molar-refractivity contribution is 5.91. The van der Waals surface area contributed by atoms with Crippen molar-refractivity contribution in [2.75, 3.05) is 14.2 Å². The van der Waals surface area contributed by atoms with Gasteiger partial charge in [-0.15, -0.1) is 5.10 Å². The van der Waals surface area contributed by atoms with E-state index in [4.69, 9.17) is 9.47 Å². The summed E-state index contributed by atoms with van der Waals surface area (Å²) in [7, 11) is 3.14. The number of methoxy groups -OCH3 is 2. The molecule has 0 aliphatic heterocycles. The van der Waals surface area contributed by atoms with E-state index in [0.717, 1.165) is 11.3 Å². The summed E-state index contributed by atoms with van der Waals surface area (Å²) in [6, 6.07) is 15.0. The summed E-state index contributed by atoms with van der Waals surface area (Å²) in [5, 5.41) is 10.7. The van der Waals surface area contributed by atoms with Crippen molar-refractivity contribution in [2.24, 2.45) is 0 Å². The molecule has 3 rings (SSSR count). The van der Waals surface area contributed by atoms with Gasteiger partial charge in [-0.25, -0.2) is 4.68 Å². The van der Waals surface area contributed by atoms with Gasteiger partial charge in [0.1, 0.15) is 0 Å². The molecule has 25 heavy (non-hydrogen) atoms. The Kier molecular flexibility index (Phi) is 4.94. The molecule has 1 heterocycles. The van der Waals surface area contributed by atoms with Gasteiger partial charge in [0.15, 0.2) is 17.2 Å². The van der Waals surface area contributed by atoms with Gasteiger partial charge in [-0.05, 0) is 18.2 Å². The maximum absolute atomic E-state index is 12.3. The summed E-state index contributed by atoms with van der Waals surface area (Å²) in [6.45, 7) is 0.289. The lowest BCUT2D eigenvalue weighted by molar-refractivity contribution is 0.0945. The number of hydrogen-bond donors (Lipinski definition) is 1. The van der Waals surface area contributed by atoms with Gasteiger partial charge in [0.2, 0.25) is 0 Å². The highest BCUT2D eigenvalue weighted by atomic mass is 16.5. The molecule has 0 spiro atoms. The zero-order valence-electron chi connectivity index (χ0n) is 14.0. The number of carbonyl (C=O) groups excluding carboxylic acids is 1. The predicted octanol–water partition coefficient (Wildman–Crippen LogP) is 2.21.